The first kappa shape index (κ1) is 18.1. The molecule has 1 N–H and O–H groups in total. The molecule has 0 aliphatic carbocycles. The quantitative estimate of drug-likeness (QED) is 0.725. The highest BCUT2D eigenvalue weighted by molar-refractivity contribution is 6.30. The highest BCUT2D eigenvalue weighted by Crippen LogP contribution is 2.30. The Balaban J connectivity index is 1.76. The van der Waals surface area contributed by atoms with Crippen LogP contribution in [0.1, 0.15) is 18.4 Å². The van der Waals surface area contributed by atoms with Crippen molar-refractivity contribution in [2.45, 2.75) is 19.0 Å². The molecule has 0 aromatic heterocycles. The van der Waals surface area contributed by atoms with Crippen LogP contribution in [0.3, 0.4) is 0 Å². The summed E-state index contributed by atoms with van der Waals surface area (Å²) < 4.78 is 43.2. The Bertz CT molecular complexity index is 687. The van der Waals surface area contributed by atoms with Gasteiger partial charge in [-0.1, -0.05) is 17.7 Å². The van der Waals surface area contributed by atoms with E-state index in [0.29, 0.717) is 23.8 Å². The molecule has 2 aromatic carbocycles. The third-order valence-electron chi connectivity index (χ3n) is 3.10. The summed E-state index contributed by atoms with van der Waals surface area (Å²) >= 11 is 5.75. The number of alkyl halides is 3. The lowest BCUT2D eigenvalue weighted by Gasteiger charge is -2.10. The van der Waals surface area contributed by atoms with Crippen molar-refractivity contribution in [3.8, 4) is 5.75 Å². The monoisotopic (exact) mass is 357 g/mol. The van der Waals surface area contributed by atoms with Crippen LogP contribution < -0.4 is 10.1 Å². The van der Waals surface area contributed by atoms with Crippen LogP contribution in [-0.2, 0) is 11.0 Å². The second-order valence-electron chi connectivity index (χ2n) is 5.03. The molecule has 0 aliphatic heterocycles. The normalized spacial score (nSPS) is 11.2. The number of benzene rings is 2. The number of amides is 1. The topological polar surface area (TPSA) is 38.3 Å². The average molecular weight is 358 g/mol. The molecule has 2 rings (SSSR count). The highest BCUT2D eigenvalue weighted by Gasteiger charge is 2.30. The Morgan fingerprint density at radius 2 is 1.83 bits per heavy atom. The third-order valence-corrected chi connectivity index (χ3v) is 3.36. The number of halogens is 4. The van der Waals surface area contributed by atoms with E-state index in [0.717, 1.165) is 12.1 Å². The van der Waals surface area contributed by atoms with Gasteiger partial charge in [0, 0.05) is 17.1 Å². The van der Waals surface area contributed by atoms with E-state index in [4.69, 9.17) is 16.3 Å². The van der Waals surface area contributed by atoms with Crippen molar-refractivity contribution in [3.63, 3.8) is 0 Å². The maximum absolute atomic E-state index is 12.6. The largest absolute Gasteiger partial charge is 0.494 e. The van der Waals surface area contributed by atoms with Gasteiger partial charge in [0.15, 0.2) is 0 Å². The van der Waals surface area contributed by atoms with E-state index in [1.165, 1.54) is 12.1 Å². The SMILES string of the molecule is O=C(CCCOc1ccc(Cl)cc1)Nc1cccc(C(F)(F)F)c1. The molecule has 0 saturated heterocycles. The van der Waals surface area contributed by atoms with E-state index in [2.05, 4.69) is 5.32 Å². The first-order chi connectivity index (χ1) is 11.3. The minimum atomic E-state index is -4.44. The van der Waals surface area contributed by atoms with Crippen LogP contribution in [0.5, 0.6) is 5.75 Å². The Morgan fingerprint density at radius 1 is 1.12 bits per heavy atom. The summed E-state index contributed by atoms with van der Waals surface area (Å²) in [5.41, 5.74) is -0.681. The lowest BCUT2D eigenvalue weighted by molar-refractivity contribution is -0.137. The molecule has 0 aliphatic rings. The molecule has 0 fully saturated rings. The zero-order chi connectivity index (χ0) is 17.6. The Kier molecular flexibility index (Phi) is 6.09. The number of hydrogen-bond donors (Lipinski definition) is 1. The second-order valence-corrected chi connectivity index (χ2v) is 5.47. The van der Waals surface area contributed by atoms with E-state index in [1.807, 2.05) is 0 Å². The minimum absolute atomic E-state index is 0.119. The average Bonchev–Trinajstić information content (AvgIpc) is 2.53. The van der Waals surface area contributed by atoms with Crippen molar-refractivity contribution >= 4 is 23.2 Å². The van der Waals surface area contributed by atoms with Crippen LogP contribution in [0, 0.1) is 0 Å². The van der Waals surface area contributed by atoms with Gasteiger partial charge in [0.25, 0.3) is 0 Å². The van der Waals surface area contributed by atoms with Crippen molar-refractivity contribution < 1.29 is 22.7 Å². The number of rotatable bonds is 6. The summed E-state index contributed by atoms with van der Waals surface area (Å²) in [5, 5.41) is 3.05. The number of carbonyl (C=O) groups is 1. The van der Waals surface area contributed by atoms with Gasteiger partial charge in [0.1, 0.15) is 5.75 Å². The van der Waals surface area contributed by atoms with Gasteiger partial charge >= 0.3 is 6.18 Å². The van der Waals surface area contributed by atoms with Gasteiger partial charge < -0.3 is 10.1 Å². The maximum atomic E-state index is 12.6. The summed E-state index contributed by atoms with van der Waals surface area (Å²) in [7, 11) is 0. The molecule has 0 bridgehead atoms. The predicted octanol–water partition coefficient (Wildman–Crippen LogP) is 5.16. The van der Waals surface area contributed by atoms with E-state index < -0.39 is 11.7 Å². The van der Waals surface area contributed by atoms with Crippen LogP contribution >= 0.6 is 11.6 Å². The number of carbonyl (C=O) groups excluding carboxylic acids is 1. The van der Waals surface area contributed by atoms with Gasteiger partial charge in [-0.2, -0.15) is 13.2 Å². The molecule has 0 atom stereocenters. The van der Waals surface area contributed by atoms with Crippen LogP contribution in [0.4, 0.5) is 18.9 Å². The summed E-state index contributed by atoms with van der Waals surface area (Å²) in [6.45, 7) is 0.317. The van der Waals surface area contributed by atoms with Crippen molar-refractivity contribution in [2.75, 3.05) is 11.9 Å². The van der Waals surface area contributed by atoms with Crippen LogP contribution in [0.2, 0.25) is 5.02 Å². The molecule has 128 valence electrons. The van der Waals surface area contributed by atoms with Crippen molar-refractivity contribution in [2.24, 2.45) is 0 Å². The van der Waals surface area contributed by atoms with Gasteiger partial charge in [-0.25, -0.2) is 0 Å². The van der Waals surface area contributed by atoms with Crippen LogP contribution in [0.25, 0.3) is 0 Å². The zero-order valence-corrected chi connectivity index (χ0v) is 13.3. The van der Waals surface area contributed by atoms with Crippen LogP contribution in [-0.4, -0.2) is 12.5 Å². The molecule has 24 heavy (non-hydrogen) atoms. The Labute approximate surface area is 142 Å². The molecule has 0 heterocycles. The third kappa shape index (κ3) is 5.77. The van der Waals surface area contributed by atoms with Crippen molar-refractivity contribution in [3.05, 3.63) is 59.1 Å². The number of hydrogen-bond acceptors (Lipinski definition) is 2. The van der Waals surface area contributed by atoms with E-state index >= 15 is 0 Å². The van der Waals surface area contributed by atoms with E-state index in [1.54, 1.807) is 24.3 Å². The molecule has 3 nitrogen and oxygen atoms in total. The number of ether oxygens (including phenoxy) is 1. The summed E-state index contributed by atoms with van der Waals surface area (Å²) in [5.74, 6) is 0.270. The standard InChI is InChI=1S/C17H15ClF3NO2/c18-13-6-8-15(9-7-13)24-10-2-5-16(23)22-14-4-1-3-12(11-14)17(19,20)21/h1,3-4,6-9,11H,2,5,10H2,(H,22,23). The fraction of sp³-hybridized carbons (Fsp3) is 0.235. The van der Waals surface area contributed by atoms with E-state index in [-0.39, 0.29) is 18.0 Å². The lowest BCUT2D eigenvalue weighted by Crippen LogP contribution is -2.14. The second kappa shape index (κ2) is 8.06. The first-order valence-electron chi connectivity index (χ1n) is 7.20. The molecule has 2 aromatic rings. The van der Waals surface area contributed by atoms with Crippen LogP contribution in [0.15, 0.2) is 48.5 Å². The number of anilines is 1. The Morgan fingerprint density at radius 3 is 2.50 bits per heavy atom. The molecule has 0 saturated carbocycles. The van der Waals surface area contributed by atoms with Crippen molar-refractivity contribution in [1.29, 1.82) is 0 Å². The lowest BCUT2D eigenvalue weighted by atomic mass is 10.2. The smallest absolute Gasteiger partial charge is 0.416 e. The van der Waals surface area contributed by atoms with Gasteiger partial charge in [-0.05, 0) is 48.9 Å². The molecule has 0 unspecified atom stereocenters. The maximum Gasteiger partial charge on any atom is 0.416 e. The summed E-state index contributed by atoms with van der Waals surface area (Å²) in [6.07, 6.45) is -3.86. The van der Waals surface area contributed by atoms with Gasteiger partial charge in [-0.15, -0.1) is 0 Å². The fourth-order valence-electron chi connectivity index (χ4n) is 1.95. The predicted molar refractivity (Wildman–Crippen MR) is 86.3 cm³/mol. The summed E-state index contributed by atoms with van der Waals surface area (Å²) in [6, 6.07) is 11.3. The molecular formula is C17H15ClF3NO2. The zero-order valence-electron chi connectivity index (χ0n) is 12.6. The molecule has 7 heteroatoms. The van der Waals surface area contributed by atoms with Gasteiger partial charge in [0.2, 0.25) is 5.91 Å². The minimum Gasteiger partial charge on any atom is -0.494 e. The Hall–Kier alpha value is -2.21. The summed E-state index contributed by atoms with van der Waals surface area (Å²) in [4.78, 5) is 11.8. The molecule has 0 spiro atoms. The van der Waals surface area contributed by atoms with Gasteiger partial charge in [0.05, 0.1) is 12.2 Å². The molecule has 1 amide bonds. The number of nitrogens with one attached hydrogen (secondary N) is 1. The first-order valence-corrected chi connectivity index (χ1v) is 7.58. The fourth-order valence-corrected chi connectivity index (χ4v) is 2.08. The van der Waals surface area contributed by atoms with Crippen molar-refractivity contribution in [1.82, 2.24) is 0 Å². The molecule has 0 radical (unpaired) electrons. The highest BCUT2D eigenvalue weighted by atomic mass is 35.5. The van der Waals surface area contributed by atoms with E-state index in [9.17, 15) is 18.0 Å². The van der Waals surface area contributed by atoms with Gasteiger partial charge in [-0.3, -0.25) is 4.79 Å². The molecular weight excluding hydrogens is 343 g/mol.